The molecule has 0 aliphatic carbocycles. The lowest BCUT2D eigenvalue weighted by atomic mass is 10.3. The Balaban J connectivity index is 2.37. The topological polar surface area (TPSA) is 77.8 Å². The minimum absolute atomic E-state index is 0.304. The summed E-state index contributed by atoms with van der Waals surface area (Å²) in [6.45, 7) is -0.608. The van der Waals surface area contributed by atoms with Gasteiger partial charge in [0.05, 0.1) is 17.1 Å². The molecule has 1 saturated heterocycles. The van der Waals surface area contributed by atoms with E-state index >= 15 is 0 Å². The second-order valence-corrected chi connectivity index (χ2v) is 6.00. The fourth-order valence-corrected chi connectivity index (χ4v) is 3.28. The molecule has 0 amide bonds. The normalized spacial score (nSPS) is 25.6. The van der Waals surface area contributed by atoms with Gasteiger partial charge >= 0.3 is 0 Å². The number of aliphatic hydroxyl groups excluding tert-OH is 2. The standard InChI is InChI=1S/C10H11F2NO4S/c11-6-1-7(12)3-8(2-6)18(16,17)13-4-9(14)10(15)5-13/h1-3,9-10,14-15H,4-5H2/t9-,10+. The highest BCUT2D eigenvalue weighted by molar-refractivity contribution is 7.89. The SMILES string of the molecule is O=S(=O)(c1cc(F)cc(F)c1)N1C[C@@H](O)[C@@H](O)C1. The molecule has 1 aliphatic heterocycles. The van der Waals surface area contributed by atoms with Gasteiger partial charge in [0, 0.05) is 19.2 Å². The van der Waals surface area contributed by atoms with Crippen molar-refractivity contribution < 1.29 is 27.4 Å². The second kappa shape index (κ2) is 4.54. The largest absolute Gasteiger partial charge is 0.389 e. The van der Waals surface area contributed by atoms with Crippen LogP contribution in [0.15, 0.2) is 23.1 Å². The van der Waals surface area contributed by atoms with Crippen LogP contribution in [0.4, 0.5) is 8.78 Å². The van der Waals surface area contributed by atoms with Gasteiger partial charge in [-0.3, -0.25) is 0 Å². The molecule has 0 bridgehead atoms. The van der Waals surface area contributed by atoms with Gasteiger partial charge in [-0.1, -0.05) is 0 Å². The van der Waals surface area contributed by atoms with E-state index in [2.05, 4.69) is 0 Å². The zero-order valence-electron chi connectivity index (χ0n) is 9.12. The summed E-state index contributed by atoms with van der Waals surface area (Å²) in [4.78, 5) is -0.540. The van der Waals surface area contributed by atoms with Gasteiger partial charge in [-0.25, -0.2) is 17.2 Å². The molecule has 1 aromatic rings. The van der Waals surface area contributed by atoms with Gasteiger partial charge in [-0.05, 0) is 12.1 Å². The van der Waals surface area contributed by atoms with Crippen LogP contribution < -0.4 is 0 Å². The smallest absolute Gasteiger partial charge is 0.243 e. The summed E-state index contributed by atoms with van der Waals surface area (Å²) in [5.41, 5.74) is 0. The molecule has 1 heterocycles. The number of β-amino-alcohol motifs (C(OH)–C–C–N with tert-alkyl or cyclic N) is 2. The maximum atomic E-state index is 13.0. The van der Waals surface area contributed by atoms with Gasteiger partial charge in [-0.15, -0.1) is 0 Å². The van der Waals surface area contributed by atoms with E-state index in [1.807, 2.05) is 0 Å². The first-order chi connectivity index (χ1) is 8.30. The molecule has 0 spiro atoms. The Morgan fingerprint density at radius 2 is 1.50 bits per heavy atom. The Morgan fingerprint density at radius 3 is 1.94 bits per heavy atom. The number of hydrogen-bond donors (Lipinski definition) is 2. The van der Waals surface area contributed by atoms with Crippen molar-refractivity contribution in [1.82, 2.24) is 4.31 Å². The third kappa shape index (κ3) is 2.37. The molecule has 2 rings (SSSR count). The van der Waals surface area contributed by atoms with Crippen molar-refractivity contribution in [2.45, 2.75) is 17.1 Å². The van der Waals surface area contributed by atoms with E-state index in [0.29, 0.717) is 18.2 Å². The van der Waals surface area contributed by atoms with Crippen LogP contribution in [0.5, 0.6) is 0 Å². The van der Waals surface area contributed by atoms with Gasteiger partial charge in [0.15, 0.2) is 0 Å². The molecular weight excluding hydrogens is 268 g/mol. The van der Waals surface area contributed by atoms with Gasteiger partial charge in [0.25, 0.3) is 0 Å². The Hall–Kier alpha value is -1.09. The molecule has 2 atom stereocenters. The summed E-state index contributed by atoms with van der Waals surface area (Å²) in [7, 11) is -4.12. The Morgan fingerprint density at radius 1 is 1.06 bits per heavy atom. The average molecular weight is 279 g/mol. The summed E-state index contributed by atoms with van der Waals surface area (Å²) in [6.07, 6.45) is -2.39. The number of rotatable bonds is 2. The molecule has 100 valence electrons. The molecule has 1 aliphatic rings. The van der Waals surface area contributed by atoms with Crippen molar-refractivity contribution >= 4 is 10.0 Å². The third-order valence-electron chi connectivity index (χ3n) is 2.70. The second-order valence-electron chi connectivity index (χ2n) is 4.06. The van der Waals surface area contributed by atoms with E-state index in [4.69, 9.17) is 0 Å². The number of aliphatic hydroxyl groups is 2. The van der Waals surface area contributed by atoms with Crippen LogP contribution in [-0.2, 0) is 10.0 Å². The summed E-state index contributed by atoms with van der Waals surface area (Å²) in [5, 5.41) is 18.6. The van der Waals surface area contributed by atoms with Crippen LogP contribution in [0.2, 0.25) is 0 Å². The minimum atomic E-state index is -4.12. The monoisotopic (exact) mass is 279 g/mol. The Kier molecular flexibility index (Phi) is 3.37. The Labute approximate surface area is 102 Å². The van der Waals surface area contributed by atoms with Crippen molar-refractivity contribution in [2.24, 2.45) is 0 Å². The predicted octanol–water partition coefficient (Wildman–Crippen LogP) is -0.309. The average Bonchev–Trinajstić information content (AvgIpc) is 2.58. The van der Waals surface area contributed by atoms with Gasteiger partial charge in [-0.2, -0.15) is 4.31 Å². The highest BCUT2D eigenvalue weighted by Crippen LogP contribution is 2.22. The van der Waals surface area contributed by atoms with Crippen molar-refractivity contribution in [3.05, 3.63) is 29.8 Å². The van der Waals surface area contributed by atoms with Crippen LogP contribution in [0.1, 0.15) is 0 Å². The first kappa shape index (κ1) is 13.3. The predicted molar refractivity (Wildman–Crippen MR) is 57.1 cm³/mol. The first-order valence-electron chi connectivity index (χ1n) is 5.13. The van der Waals surface area contributed by atoms with Crippen LogP contribution in [0, 0.1) is 11.6 Å². The van der Waals surface area contributed by atoms with Crippen molar-refractivity contribution in [1.29, 1.82) is 0 Å². The molecule has 1 aromatic carbocycles. The first-order valence-corrected chi connectivity index (χ1v) is 6.57. The number of hydrogen-bond acceptors (Lipinski definition) is 4. The summed E-state index contributed by atoms with van der Waals surface area (Å²) < 4.78 is 50.7. The van der Waals surface area contributed by atoms with Crippen LogP contribution in [0.3, 0.4) is 0 Å². The van der Waals surface area contributed by atoms with Crippen molar-refractivity contribution in [2.75, 3.05) is 13.1 Å². The van der Waals surface area contributed by atoms with Crippen LogP contribution in [-0.4, -0.2) is 48.2 Å². The molecule has 0 unspecified atom stereocenters. The van der Waals surface area contributed by atoms with E-state index in [1.54, 1.807) is 0 Å². The molecule has 2 N–H and O–H groups in total. The number of halogens is 2. The van der Waals surface area contributed by atoms with E-state index in [0.717, 1.165) is 4.31 Å². The number of nitrogens with zero attached hydrogens (tertiary/aromatic N) is 1. The van der Waals surface area contributed by atoms with Crippen molar-refractivity contribution in [3.63, 3.8) is 0 Å². The highest BCUT2D eigenvalue weighted by Gasteiger charge is 2.37. The lowest BCUT2D eigenvalue weighted by Crippen LogP contribution is -2.30. The lowest BCUT2D eigenvalue weighted by molar-refractivity contribution is 0.0572. The van der Waals surface area contributed by atoms with Crippen molar-refractivity contribution in [3.8, 4) is 0 Å². The van der Waals surface area contributed by atoms with Crippen LogP contribution >= 0.6 is 0 Å². The molecule has 18 heavy (non-hydrogen) atoms. The third-order valence-corrected chi connectivity index (χ3v) is 4.51. The molecule has 0 radical (unpaired) electrons. The Bertz CT molecular complexity index is 533. The van der Waals surface area contributed by atoms with E-state index in [-0.39, 0.29) is 13.1 Å². The summed E-state index contributed by atoms with van der Waals surface area (Å²) in [6, 6.07) is 1.94. The summed E-state index contributed by atoms with van der Waals surface area (Å²) in [5.74, 6) is -2.01. The maximum Gasteiger partial charge on any atom is 0.243 e. The molecule has 8 heteroatoms. The molecule has 5 nitrogen and oxygen atoms in total. The van der Waals surface area contributed by atoms with E-state index in [9.17, 15) is 27.4 Å². The fourth-order valence-electron chi connectivity index (χ4n) is 1.76. The van der Waals surface area contributed by atoms with Gasteiger partial charge < -0.3 is 10.2 Å². The number of sulfonamides is 1. The minimum Gasteiger partial charge on any atom is -0.389 e. The molecule has 0 saturated carbocycles. The number of benzene rings is 1. The zero-order valence-corrected chi connectivity index (χ0v) is 9.94. The van der Waals surface area contributed by atoms with E-state index < -0.39 is 38.8 Å². The van der Waals surface area contributed by atoms with E-state index in [1.165, 1.54) is 0 Å². The quantitative estimate of drug-likeness (QED) is 0.778. The highest BCUT2D eigenvalue weighted by atomic mass is 32.2. The zero-order chi connectivity index (χ0) is 13.5. The fraction of sp³-hybridized carbons (Fsp3) is 0.400. The van der Waals surface area contributed by atoms with Gasteiger partial charge in [0.1, 0.15) is 11.6 Å². The molecular formula is C10H11F2NO4S. The summed E-state index contributed by atoms with van der Waals surface area (Å²) >= 11 is 0. The lowest BCUT2D eigenvalue weighted by Gasteiger charge is -2.15. The molecule has 0 aromatic heterocycles. The van der Waals surface area contributed by atoms with Crippen LogP contribution in [0.25, 0.3) is 0 Å². The molecule has 1 fully saturated rings. The van der Waals surface area contributed by atoms with Gasteiger partial charge in [0.2, 0.25) is 10.0 Å². The maximum absolute atomic E-state index is 13.0.